The van der Waals surface area contributed by atoms with E-state index in [2.05, 4.69) is 4.72 Å². The molecule has 0 radical (unpaired) electrons. The molecular formula is C13H17Cl2NO3S. The number of sulfonamides is 1. The summed E-state index contributed by atoms with van der Waals surface area (Å²) < 4.78 is 32.0. The van der Waals surface area contributed by atoms with Gasteiger partial charge in [-0.25, -0.2) is 13.1 Å². The summed E-state index contributed by atoms with van der Waals surface area (Å²) in [6.07, 6.45) is 0.972. The smallest absolute Gasteiger partial charge is 0.214 e. The molecule has 1 N–H and O–H groups in total. The van der Waals surface area contributed by atoms with Crippen molar-refractivity contribution >= 4 is 33.2 Å². The summed E-state index contributed by atoms with van der Waals surface area (Å²) in [7, 11) is -1.90. The van der Waals surface area contributed by atoms with Gasteiger partial charge in [0.25, 0.3) is 0 Å². The fourth-order valence-electron chi connectivity index (χ4n) is 2.52. The first kappa shape index (κ1) is 16.0. The van der Waals surface area contributed by atoms with Crippen LogP contribution in [0, 0.1) is 5.92 Å². The first-order valence-corrected chi connectivity index (χ1v) is 8.69. The molecule has 0 saturated carbocycles. The zero-order chi connectivity index (χ0) is 14.8. The highest BCUT2D eigenvalue weighted by Crippen LogP contribution is 2.31. The third kappa shape index (κ3) is 3.46. The van der Waals surface area contributed by atoms with Crippen molar-refractivity contribution in [1.82, 2.24) is 4.72 Å². The maximum Gasteiger partial charge on any atom is 0.214 e. The van der Waals surface area contributed by atoms with Crippen molar-refractivity contribution in [1.29, 1.82) is 0 Å². The van der Waals surface area contributed by atoms with Crippen molar-refractivity contribution in [2.24, 2.45) is 5.92 Å². The Hall–Kier alpha value is -0.330. The second-order valence-corrected chi connectivity index (χ2v) is 7.73. The monoisotopic (exact) mass is 337 g/mol. The molecule has 1 aliphatic heterocycles. The average molecular weight is 338 g/mol. The summed E-state index contributed by atoms with van der Waals surface area (Å²) in [4.78, 5) is 0. The fourth-order valence-corrected chi connectivity index (χ4v) is 4.46. The van der Waals surface area contributed by atoms with Gasteiger partial charge in [-0.2, -0.15) is 0 Å². The lowest BCUT2D eigenvalue weighted by Gasteiger charge is -2.31. The molecule has 1 aromatic carbocycles. The van der Waals surface area contributed by atoms with Crippen LogP contribution in [-0.2, 0) is 21.2 Å². The molecule has 1 saturated heterocycles. The second kappa shape index (κ2) is 6.62. The van der Waals surface area contributed by atoms with E-state index >= 15 is 0 Å². The number of halogens is 2. The van der Waals surface area contributed by atoms with E-state index in [1.54, 1.807) is 18.2 Å². The summed E-state index contributed by atoms with van der Waals surface area (Å²) in [5.74, 6) is -0.154. The van der Waals surface area contributed by atoms with Crippen LogP contribution in [0.5, 0.6) is 0 Å². The van der Waals surface area contributed by atoms with Crippen molar-refractivity contribution in [2.45, 2.75) is 18.1 Å². The molecule has 1 aliphatic rings. The number of benzene rings is 1. The summed E-state index contributed by atoms with van der Waals surface area (Å²) in [6, 6.07) is 5.29. The Morgan fingerprint density at radius 1 is 1.35 bits per heavy atom. The van der Waals surface area contributed by atoms with E-state index in [9.17, 15) is 8.42 Å². The van der Waals surface area contributed by atoms with Gasteiger partial charge < -0.3 is 4.74 Å². The van der Waals surface area contributed by atoms with Crippen molar-refractivity contribution in [3.05, 3.63) is 33.8 Å². The summed E-state index contributed by atoms with van der Waals surface area (Å²) in [5.41, 5.74) is 0.780. The highest BCUT2D eigenvalue weighted by molar-refractivity contribution is 7.90. The molecule has 0 aliphatic carbocycles. The molecule has 4 nitrogen and oxygen atoms in total. The van der Waals surface area contributed by atoms with Crippen molar-refractivity contribution in [2.75, 3.05) is 20.3 Å². The minimum Gasteiger partial charge on any atom is -0.381 e. The van der Waals surface area contributed by atoms with Gasteiger partial charge in [0.2, 0.25) is 10.0 Å². The number of nitrogens with one attached hydrogen (secondary N) is 1. The van der Waals surface area contributed by atoms with Crippen LogP contribution < -0.4 is 4.72 Å². The largest absolute Gasteiger partial charge is 0.381 e. The Morgan fingerprint density at radius 2 is 2.00 bits per heavy atom. The second-order valence-electron chi connectivity index (χ2n) is 4.82. The molecule has 1 heterocycles. The number of hydrogen-bond donors (Lipinski definition) is 1. The van der Waals surface area contributed by atoms with Crippen molar-refractivity contribution < 1.29 is 13.2 Å². The highest BCUT2D eigenvalue weighted by Gasteiger charge is 2.35. The highest BCUT2D eigenvalue weighted by atomic mass is 35.5. The van der Waals surface area contributed by atoms with Crippen LogP contribution in [-0.4, -0.2) is 33.9 Å². The summed E-state index contributed by atoms with van der Waals surface area (Å²) in [6.45, 7) is 0.853. The van der Waals surface area contributed by atoms with Crippen LogP contribution in [0.3, 0.4) is 0 Å². The van der Waals surface area contributed by atoms with Crippen molar-refractivity contribution in [3.8, 4) is 0 Å². The lowest BCUT2D eigenvalue weighted by molar-refractivity contribution is 0.0571. The van der Waals surface area contributed by atoms with Crippen LogP contribution in [0.1, 0.15) is 12.0 Å². The van der Waals surface area contributed by atoms with E-state index in [1.807, 2.05) is 0 Å². The lowest BCUT2D eigenvalue weighted by Crippen LogP contribution is -2.43. The van der Waals surface area contributed by atoms with E-state index in [4.69, 9.17) is 27.9 Å². The molecule has 2 rings (SSSR count). The molecule has 1 fully saturated rings. The third-order valence-corrected chi connectivity index (χ3v) is 6.31. The Kier molecular flexibility index (Phi) is 5.31. The maximum absolute atomic E-state index is 12.1. The van der Waals surface area contributed by atoms with Crippen LogP contribution in [0.25, 0.3) is 0 Å². The Labute approximate surface area is 129 Å². The number of ether oxygens (including phenoxy) is 1. The molecule has 0 unspecified atom stereocenters. The van der Waals surface area contributed by atoms with Gasteiger partial charge in [-0.3, -0.25) is 0 Å². The fraction of sp³-hybridized carbons (Fsp3) is 0.538. The van der Waals surface area contributed by atoms with Crippen LogP contribution in [0.2, 0.25) is 10.0 Å². The van der Waals surface area contributed by atoms with E-state index in [1.165, 1.54) is 7.05 Å². The Morgan fingerprint density at radius 3 is 2.60 bits per heavy atom. The molecule has 2 atom stereocenters. The first-order chi connectivity index (χ1) is 9.45. The Bertz CT molecular complexity index is 557. The van der Waals surface area contributed by atoms with E-state index < -0.39 is 15.3 Å². The zero-order valence-electron chi connectivity index (χ0n) is 11.1. The van der Waals surface area contributed by atoms with Crippen LogP contribution >= 0.6 is 23.2 Å². The quantitative estimate of drug-likeness (QED) is 0.918. The summed E-state index contributed by atoms with van der Waals surface area (Å²) in [5, 5.41) is 0.640. The topological polar surface area (TPSA) is 55.4 Å². The van der Waals surface area contributed by atoms with Gasteiger partial charge in [-0.1, -0.05) is 29.3 Å². The van der Waals surface area contributed by atoms with Gasteiger partial charge in [0.05, 0.1) is 11.9 Å². The SMILES string of the molecule is CNS(=O)(=O)[C@@H]1CCOC[C@H]1Cc1c(Cl)cccc1Cl. The predicted octanol–water partition coefficient (Wildman–Crippen LogP) is 2.49. The number of hydrogen-bond acceptors (Lipinski definition) is 3. The predicted molar refractivity (Wildman–Crippen MR) is 80.9 cm³/mol. The normalized spacial score (nSPS) is 23.8. The molecule has 7 heteroatoms. The van der Waals surface area contributed by atoms with Gasteiger partial charge in [0.1, 0.15) is 0 Å². The molecule has 20 heavy (non-hydrogen) atoms. The average Bonchev–Trinajstić information content (AvgIpc) is 2.43. The van der Waals surface area contributed by atoms with Gasteiger partial charge in [0, 0.05) is 22.6 Å². The minimum absolute atomic E-state index is 0.154. The minimum atomic E-state index is -3.33. The van der Waals surface area contributed by atoms with Gasteiger partial charge in [-0.15, -0.1) is 0 Å². The molecule has 112 valence electrons. The molecular weight excluding hydrogens is 321 g/mol. The first-order valence-electron chi connectivity index (χ1n) is 6.38. The van der Waals surface area contributed by atoms with Gasteiger partial charge in [-0.05, 0) is 37.6 Å². The van der Waals surface area contributed by atoms with E-state index in [0.29, 0.717) is 36.1 Å². The van der Waals surface area contributed by atoms with Gasteiger partial charge >= 0.3 is 0 Å². The lowest BCUT2D eigenvalue weighted by atomic mass is 9.93. The third-order valence-electron chi connectivity index (χ3n) is 3.62. The van der Waals surface area contributed by atoms with Crippen LogP contribution in [0.15, 0.2) is 18.2 Å². The zero-order valence-corrected chi connectivity index (χ0v) is 13.4. The molecule has 0 amide bonds. The maximum atomic E-state index is 12.1. The standard InChI is InChI=1S/C13H17Cl2NO3S/c1-16-20(17,18)13-5-6-19-8-9(13)7-10-11(14)3-2-4-12(10)15/h2-4,9,13,16H,5-8H2,1H3/t9-,13-/m1/s1. The van der Waals surface area contributed by atoms with E-state index in [-0.39, 0.29) is 5.92 Å². The van der Waals surface area contributed by atoms with Crippen LogP contribution in [0.4, 0.5) is 0 Å². The Balaban J connectivity index is 2.26. The molecule has 1 aromatic rings. The molecule has 0 bridgehead atoms. The summed E-state index contributed by atoms with van der Waals surface area (Å²) >= 11 is 12.3. The number of rotatable bonds is 4. The molecule has 0 aromatic heterocycles. The van der Waals surface area contributed by atoms with E-state index in [0.717, 1.165) is 5.56 Å². The van der Waals surface area contributed by atoms with Crippen molar-refractivity contribution in [3.63, 3.8) is 0 Å². The molecule has 0 spiro atoms. The van der Waals surface area contributed by atoms with Gasteiger partial charge in [0.15, 0.2) is 0 Å².